The van der Waals surface area contributed by atoms with Gasteiger partial charge in [-0.2, -0.15) is 0 Å². The highest BCUT2D eigenvalue weighted by Gasteiger charge is 2.32. The van der Waals surface area contributed by atoms with Gasteiger partial charge in [-0.25, -0.2) is 9.59 Å². The molecule has 3 N–H and O–H groups in total. The fourth-order valence-electron chi connectivity index (χ4n) is 4.08. The van der Waals surface area contributed by atoms with Crippen LogP contribution in [0.1, 0.15) is 105 Å². The Labute approximate surface area is 204 Å². The molecule has 1 unspecified atom stereocenters. The van der Waals surface area contributed by atoms with Crippen LogP contribution in [0.3, 0.4) is 0 Å². The second kappa shape index (κ2) is 8.94. The molecule has 190 valence electrons. The molecule has 0 aliphatic carbocycles. The Morgan fingerprint density at radius 1 is 0.912 bits per heavy atom. The summed E-state index contributed by atoms with van der Waals surface area (Å²) in [4.78, 5) is 28.3. The van der Waals surface area contributed by atoms with Crippen LogP contribution in [0.15, 0.2) is 12.1 Å². The van der Waals surface area contributed by atoms with Crippen molar-refractivity contribution in [1.82, 2.24) is 10.3 Å². The summed E-state index contributed by atoms with van der Waals surface area (Å²) in [5.41, 5.74) is 4.16. The first-order chi connectivity index (χ1) is 15.1. The summed E-state index contributed by atoms with van der Waals surface area (Å²) >= 11 is 0. The first kappa shape index (κ1) is 27.7. The molecule has 0 saturated heterocycles. The zero-order valence-electron chi connectivity index (χ0n) is 23.1. The second-order valence-electron chi connectivity index (χ2n) is 13.4. The lowest BCUT2D eigenvalue weighted by atomic mass is 9.78. The van der Waals surface area contributed by atoms with Crippen molar-refractivity contribution in [3.05, 3.63) is 34.5 Å². The van der Waals surface area contributed by atoms with Crippen molar-refractivity contribution < 1.29 is 19.4 Å². The number of rotatable bonds is 4. The van der Waals surface area contributed by atoms with Gasteiger partial charge in [0.25, 0.3) is 0 Å². The maximum absolute atomic E-state index is 12.4. The molecule has 0 aliphatic rings. The van der Waals surface area contributed by atoms with Crippen molar-refractivity contribution in [2.24, 2.45) is 0 Å². The number of ether oxygens (including phenoxy) is 1. The molecular formula is C28H44N2O4. The van der Waals surface area contributed by atoms with Gasteiger partial charge in [0.05, 0.1) is 0 Å². The van der Waals surface area contributed by atoms with Crippen LogP contribution >= 0.6 is 0 Å². The highest BCUT2D eigenvalue weighted by Crippen LogP contribution is 2.40. The van der Waals surface area contributed by atoms with Gasteiger partial charge in [0.2, 0.25) is 0 Å². The van der Waals surface area contributed by atoms with Crippen LogP contribution in [0, 0.1) is 0 Å². The predicted octanol–water partition coefficient (Wildman–Crippen LogP) is 6.58. The van der Waals surface area contributed by atoms with Crippen LogP contribution in [0.5, 0.6) is 0 Å². The number of alkyl carbamates (subject to hydrolysis) is 1. The molecule has 0 radical (unpaired) electrons. The van der Waals surface area contributed by atoms with Crippen molar-refractivity contribution in [2.75, 3.05) is 0 Å². The first-order valence-electron chi connectivity index (χ1n) is 12.0. The first-order valence-corrected chi connectivity index (χ1v) is 12.0. The van der Waals surface area contributed by atoms with Gasteiger partial charge in [-0.1, -0.05) is 68.4 Å². The van der Waals surface area contributed by atoms with Crippen LogP contribution in [0.4, 0.5) is 4.79 Å². The van der Waals surface area contributed by atoms with E-state index in [1.807, 2.05) is 0 Å². The quantitative estimate of drug-likeness (QED) is 0.469. The van der Waals surface area contributed by atoms with E-state index in [0.717, 1.165) is 22.2 Å². The molecule has 1 aromatic carbocycles. The van der Waals surface area contributed by atoms with Crippen LogP contribution in [-0.4, -0.2) is 33.8 Å². The zero-order valence-corrected chi connectivity index (χ0v) is 23.1. The van der Waals surface area contributed by atoms with Crippen molar-refractivity contribution >= 4 is 23.0 Å². The summed E-state index contributed by atoms with van der Waals surface area (Å²) in [5, 5.41) is 13.6. The van der Waals surface area contributed by atoms with E-state index in [-0.39, 0.29) is 22.7 Å². The largest absolute Gasteiger partial charge is 0.480 e. The number of amides is 1. The van der Waals surface area contributed by atoms with E-state index < -0.39 is 23.7 Å². The molecule has 2 aromatic rings. The lowest BCUT2D eigenvalue weighted by molar-refractivity contribution is -0.139. The van der Waals surface area contributed by atoms with E-state index in [1.165, 1.54) is 11.1 Å². The summed E-state index contributed by atoms with van der Waals surface area (Å²) in [6.45, 7) is 24.7. The van der Waals surface area contributed by atoms with Crippen LogP contribution in [-0.2, 0) is 32.2 Å². The number of H-pyrrole nitrogens is 1. The number of nitrogens with one attached hydrogen (secondary N) is 2. The average molecular weight is 473 g/mol. The smallest absolute Gasteiger partial charge is 0.408 e. The van der Waals surface area contributed by atoms with Gasteiger partial charge in [-0.05, 0) is 54.4 Å². The molecule has 0 bridgehead atoms. The van der Waals surface area contributed by atoms with E-state index in [0.29, 0.717) is 0 Å². The number of hydrogen-bond acceptors (Lipinski definition) is 3. The maximum atomic E-state index is 12.4. The number of benzene rings is 1. The molecule has 1 amide bonds. The second-order valence-corrected chi connectivity index (χ2v) is 13.4. The number of aromatic nitrogens is 1. The molecule has 6 heteroatoms. The Hall–Kier alpha value is -2.50. The Balaban J connectivity index is 2.76. The van der Waals surface area contributed by atoms with Gasteiger partial charge in [0.15, 0.2) is 0 Å². The number of carboxylic acids is 1. The van der Waals surface area contributed by atoms with Crippen molar-refractivity contribution in [2.45, 2.75) is 117 Å². The van der Waals surface area contributed by atoms with Crippen molar-refractivity contribution in [3.8, 4) is 0 Å². The molecule has 1 heterocycles. The topological polar surface area (TPSA) is 91.4 Å². The summed E-state index contributed by atoms with van der Waals surface area (Å²) in [6.07, 6.45) is -0.582. The lowest BCUT2D eigenvalue weighted by Crippen LogP contribution is -2.44. The van der Waals surface area contributed by atoms with Gasteiger partial charge in [-0.3, -0.25) is 0 Å². The summed E-state index contributed by atoms with van der Waals surface area (Å²) in [5.74, 6) is -1.09. The lowest BCUT2D eigenvalue weighted by Gasteiger charge is -2.26. The normalized spacial score (nSPS) is 14.2. The van der Waals surface area contributed by atoms with Gasteiger partial charge in [0.1, 0.15) is 11.6 Å². The number of carboxylic acid groups (broad SMARTS) is 1. The fourth-order valence-corrected chi connectivity index (χ4v) is 4.08. The zero-order chi connectivity index (χ0) is 26.4. The summed E-state index contributed by atoms with van der Waals surface area (Å²) in [6, 6.07) is 3.33. The van der Waals surface area contributed by atoms with Crippen LogP contribution < -0.4 is 5.32 Å². The fraction of sp³-hybridized carbons (Fsp3) is 0.643. The van der Waals surface area contributed by atoms with E-state index >= 15 is 0 Å². The summed E-state index contributed by atoms with van der Waals surface area (Å²) in [7, 11) is 0. The Morgan fingerprint density at radius 3 is 1.88 bits per heavy atom. The van der Waals surface area contributed by atoms with E-state index in [4.69, 9.17) is 4.74 Å². The van der Waals surface area contributed by atoms with Gasteiger partial charge < -0.3 is 20.1 Å². The monoisotopic (exact) mass is 472 g/mol. The average Bonchev–Trinajstić information content (AvgIpc) is 2.95. The standard InChI is InChI=1S/C28H44N2O4/c1-25(2,3)16-13-17-18(15-20(23(31)32)29-24(33)34-28(10,11)12)22(27(7,8)9)30-21(17)19(14-16)26(4,5)6/h13-14,20,30H,15H2,1-12H3,(H,29,33)(H,31,32). The number of hydrogen-bond donors (Lipinski definition) is 3. The third-order valence-corrected chi connectivity index (χ3v) is 5.84. The number of aromatic amines is 1. The molecule has 6 nitrogen and oxygen atoms in total. The summed E-state index contributed by atoms with van der Waals surface area (Å²) < 4.78 is 5.33. The molecule has 1 atom stereocenters. The van der Waals surface area contributed by atoms with Crippen LogP contribution in [0.25, 0.3) is 10.9 Å². The highest BCUT2D eigenvalue weighted by molar-refractivity contribution is 5.91. The molecule has 0 spiro atoms. The van der Waals surface area contributed by atoms with Crippen LogP contribution in [0.2, 0.25) is 0 Å². The van der Waals surface area contributed by atoms with Gasteiger partial charge >= 0.3 is 12.1 Å². The minimum absolute atomic E-state index is 0.0778. The van der Waals surface area contributed by atoms with E-state index in [1.54, 1.807) is 20.8 Å². The number of carbonyl (C=O) groups excluding carboxylic acids is 1. The number of carbonyl (C=O) groups is 2. The molecule has 2 rings (SSSR count). The molecule has 0 saturated carbocycles. The Morgan fingerprint density at radius 2 is 1.47 bits per heavy atom. The van der Waals surface area contributed by atoms with Gasteiger partial charge in [0, 0.05) is 28.4 Å². The minimum Gasteiger partial charge on any atom is -0.480 e. The predicted molar refractivity (Wildman–Crippen MR) is 139 cm³/mol. The highest BCUT2D eigenvalue weighted by atomic mass is 16.6. The van der Waals surface area contributed by atoms with Crippen molar-refractivity contribution in [1.29, 1.82) is 0 Å². The molecule has 0 fully saturated rings. The van der Waals surface area contributed by atoms with E-state index in [2.05, 4.69) is 84.7 Å². The SMILES string of the molecule is CC(C)(C)OC(=O)NC(Cc1c(C(C)(C)C)[nH]c2c(C(C)(C)C)cc(C(C)(C)C)cc12)C(=O)O. The third kappa shape index (κ3) is 6.55. The molecule has 1 aromatic heterocycles. The Bertz CT molecular complexity index is 1070. The maximum Gasteiger partial charge on any atom is 0.408 e. The van der Waals surface area contributed by atoms with Crippen molar-refractivity contribution in [3.63, 3.8) is 0 Å². The molecular weight excluding hydrogens is 428 g/mol. The molecule has 0 aliphatic heterocycles. The third-order valence-electron chi connectivity index (χ3n) is 5.84. The number of aliphatic carboxylic acids is 1. The van der Waals surface area contributed by atoms with E-state index in [9.17, 15) is 14.7 Å². The number of fused-ring (bicyclic) bond motifs is 1. The Kier molecular flexibility index (Phi) is 7.29. The minimum atomic E-state index is -1.12. The van der Waals surface area contributed by atoms with Gasteiger partial charge in [-0.15, -0.1) is 0 Å². The molecule has 34 heavy (non-hydrogen) atoms.